The van der Waals surface area contributed by atoms with Gasteiger partial charge >= 0.3 is 0 Å². The van der Waals surface area contributed by atoms with Gasteiger partial charge in [-0.15, -0.1) is 0 Å². The van der Waals surface area contributed by atoms with E-state index in [1.165, 1.54) is 57.8 Å². The van der Waals surface area contributed by atoms with Gasteiger partial charge in [-0.3, -0.25) is 0 Å². The molecule has 0 amide bonds. The quantitative estimate of drug-likeness (QED) is 0.590. The van der Waals surface area contributed by atoms with E-state index in [1.807, 2.05) is 0 Å². The molecule has 1 heterocycles. The largest absolute Gasteiger partial charge is 0.370 e. The minimum absolute atomic E-state index is 0.284. The topological polar surface area (TPSA) is 21.3 Å². The highest BCUT2D eigenvalue weighted by molar-refractivity contribution is 9.09. The first-order valence-electron chi connectivity index (χ1n) is 7.77. The van der Waals surface area contributed by atoms with Gasteiger partial charge in [-0.2, -0.15) is 0 Å². The summed E-state index contributed by atoms with van der Waals surface area (Å²) in [6.07, 6.45) is 12.2. The van der Waals surface area contributed by atoms with Crippen molar-refractivity contribution in [2.45, 2.75) is 81.2 Å². The average Bonchev–Trinajstić information content (AvgIpc) is 2.78. The predicted molar refractivity (Wildman–Crippen MR) is 80.4 cm³/mol. The van der Waals surface area contributed by atoms with Crippen LogP contribution in [0.3, 0.4) is 0 Å². The summed E-state index contributed by atoms with van der Waals surface area (Å²) in [6, 6.07) is 0. The standard InChI is InChI=1S/C15H28BrNO/c1-2-13(16)7-11-17-12-14-6-10-15(18-14)8-4-3-5-9-15/h13-14,17H,2-12H2,1H3. The van der Waals surface area contributed by atoms with E-state index in [-0.39, 0.29) is 5.60 Å². The molecule has 0 bridgehead atoms. The predicted octanol–water partition coefficient (Wildman–Crippen LogP) is 4.02. The summed E-state index contributed by atoms with van der Waals surface area (Å²) >= 11 is 3.68. The first-order valence-corrected chi connectivity index (χ1v) is 8.68. The normalized spacial score (nSPS) is 28.7. The van der Waals surface area contributed by atoms with E-state index in [1.54, 1.807) is 0 Å². The van der Waals surface area contributed by atoms with Crippen molar-refractivity contribution in [3.8, 4) is 0 Å². The fourth-order valence-electron chi connectivity index (χ4n) is 3.33. The second kappa shape index (κ2) is 7.25. The maximum absolute atomic E-state index is 6.35. The van der Waals surface area contributed by atoms with E-state index in [2.05, 4.69) is 28.2 Å². The molecule has 1 saturated carbocycles. The van der Waals surface area contributed by atoms with Crippen LogP contribution in [0.15, 0.2) is 0 Å². The van der Waals surface area contributed by atoms with Crippen LogP contribution in [0.2, 0.25) is 0 Å². The molecule has 1 spiro atoms. The van der Waals surface area contributed by atoms with Gasteiger partial charge in [0.1, 0.15) is 0 Å². The van der Waals surface area contributed by atoms with Crippen molar-refractivity contribution in [2.24, 2.45) is 0 Å². The van der Waals surface area contributed by atoms with Crippen LogP contribution in [0.4, 0.5) is 0 Å². The first-order chi connectivity index (χ1) is 8.74. The Labute approximate surface area is 120 Å². The monoisotopic (exact) mass is 317 g/mol. The maximum Gasteiger partial charge on any atom is 0.0708 e. The highest BCUT2D eigenvalue weighted by Crippen LogP contribution is 2.41. The van der Waals surface area contributed by atoms with E-state index < -0.39 is 0 Å². The van der Waals surface area contributed by atoms with Gasteiger partial charge in [0.15, 0.2) is 0 Å². The van der Waals surface area contributed by atoms with Crippen molar-refractivity contribution < 1.29 is 4.74 Å². The molecule has 2 rings (SSSR count). The number of hydrogen-bond acceptors (Lipinski definition) is 2. The molecule has 2 aliphatic rings. The molecule has 0 aromatic carbocycles. The molecule has 1 saturated heterocycles. The summed E-state index contributed by atoms with van der Waals surface area (Å²) in [5.74, 6) is 0. The molecule has 106 valence electrons. The van der Waals surface area contributed by atoms with Crippen molar-refractivity contribution in [1.29, 1.82) is 0 Å². The van der Waals surface area contributed by atoms with Crippen LogP contribution >= 0.6 is 15.9 Å². The Bertz CT molecular complexity index is 241. The van der Waals surface area contributed by atoms with E-state index in [9.17, 15) is 0 Å². The van der Waals surface area contributed by atoms with Crippen LogP contribution in [0.1, 0.15) is 64.7 Å². The van der Waals surface area contributed by atoms with E-state index in [4.69, 9.17) is 4.74 Å². The molecule has 0 aromatic rings. The van der Waals surface area contributed by atoms with Crippen molar-refractivity contribution in [3.63, 3.8) is 0 Å². The summed E-state index contributed by atoms with van der Waals surface area (Å²) in [7, 11) is 0. The fraction of sp³-hybridized carbons (Fsp3) is 1.00. The summed E-state index contributed by atoms with van der Waals surface area (Å²) in [5.41, 5.74) is 0.284. The van der Waals surface area contributed by atoms with Gasteiger partial charge in [0, 0.05) is 11.4 Å². The van der Waals surface area contributed by atoms with Gasteiger partial charge in [-0.25, -0.2) is 0 Å². The Balaban J connectivity index is 1.61. The number of halogens is 1. The van der Waals surface area contributed by atoms with Crippen molar-refractivity contribution in [3.05, 3.63) is 0 Å². The molecule has 2 atom stereocenters. The van der Waals surface area contributed by atoms with Crippen LogP contribution < -0.4 is 5.32 Å². The lowest BCUT2D eigenvalue weighted by Crippen LogP contribution is -2.35. The summed E-state index contributed by atoms with van der Waals surface area (Å²) in [4.78, 5) is 0.666. The number of nitrogens with one attached hydrogen (secondary N) is 1. The third-order valence-corrected chi connectivity index (χ3v) is 5.66. The number of hydrogen-bond donors (Lipinski definition) is 1. The third kappa shape index (κ3) is 4.21. The Morgan fingerprint density at radius 3 is 2.78 bits per heavy atom. The molecular weight excluding hydrogens is 290 g/mol. The van der Waals surface area contributed by atoms with Gasteiger partial charge in [0.05, 0.1) is 11.7 Å². The molecule has 18 heavy (non-hydrogen) atoms. The summed E-state index contributed by atoms with van der Waals surface area (Å²) in [5, 5.41) is 3.56. The highest BCUT2D eigenvalue weighted by atomic mass is 79.9. The average molecular weight is 318 g/mol. The molecule has 0 radical (unpaired) electrons. The van der Waals surface area contributed by atoms with E-state index in [0.29, 0.717) is 10.9 Å². The molecular formula is C15H28BrNO. The van der Waals surface area contributed by atoms with E-state index in [0.717, 1.165) is 13.1 Å². The number of ether oxygens (including phenoxy) is 1. The smallest absolute Gasteiger partial charge is 0.0708 e. The Kier molecular flexibility index (Phi) is 5.96. The second-order valence-corrected chi connectivity index (χ2v) is 7.32. The van der Waals surface area contributed by atoms with Crippen molar-refractivity contribution in [1.82, 2.24) is 5.32 Å². The lowest BCUT2D eigenvalue weighted by Gasteiger charge is -2.33. The molecule has 2 nitrogen and oxygen atoms in total. The van der Waals surface area contributed by atoms with Crippen LogP contribution in [-0.4, -0.2) is 29.6 Å². The lowest BCUT2D eigenvalue weighted by molar-refractivity contribution is -0.0622. The lowest BCUT2D eigenvalue weighted by atomic mass is 9.83. The fourth-order valence-corrected chi connectivity index (χ4v) is 3.56. The zero-order valence-corrected chi connectivity index (χ0v) is 13.3. The highest BCUT2D eigenvalue weighted by Gasteiger charge is 2.40. The van der Waals surface area contributed by atoms with Crippen molar-refractivity contribution >= 4 is 15.9 Å². The molecule has 3 heteroatoms. The van der Waals surface area contributed by atoms with Crippen LogP contribution in [0.5, 0.6) is 0 Å². The summed E-state index contributed by atoms with van der Waals surface area (Å²) < 4.78 is 6.35. The van der Waals surface area contributed by atoms with Crippen LogP contribution in [0.25, 0.3) is 0 Å². The van der Waals surface area contributed by atoms with Gasteiger partial charge < -0.3 is 10.1 Å². The van der Waals surface area contributed by atoms with Crippen LogP contribution in [-0.2, 0) is 4.74 Å². The molecule has 1 N–H and O–H groups in total. The molecule has 0 aromatic heterocycles. The first kappa shape index (κ1) is 14.8. The minimum Gasteiger partial charge on any atom is -0.370 e. The second-order valence-electron chi connectivity index (χ2n) is 6.02. The maximum atomic E-state index is 6.35. The third-order valence-electron chi connectivity index (χ3n) is 4.55. The molecule has 1 aliphatic carbocycles. The zero-order valence-electron chi connectivity index (χ0n) is 11.7. The van der Waals surface area contributed by atoms with Gasteiger partial charge in [0.2, 0.25) is 0 Å². The van der Waals surface area contributed by atoms with E-state index >= 15 is 0 Å². The molecule has 1 aliphatic heterocycles. The number of alkyl halides is 1. The summed E-state index contributed by atoms with van der Waals surface area (Å²) in [6.45, 7) is 4.38. The molecule has 2 fully saturated rings. The van der Waals surface area contributed by atoms with Crippen molar-refractivity contribution in [2.75, 3.05) is 13.1 Å². The Morgan fingerprint density at radius 1 is 1.28 bits per heavy atom. The van der Waals surface area contributed by atoms with Crippen LogP contribution in [0, 0.1) is 0 Å². The molecule has 2 unspecified atom stereocenters. The Hall–Kier alpha value is 0.400. The Morgan fingerprint density at radius 2 is 2.06 bits per heavy atom. The zero-order chi connectivity index (χ0) is 12.8. The van der Waals surface area contributed by atoms with Gasteiger partial charge in [-0.05, 0) is 45.1 Å². The number of rotatable bonds is 6. The SMILES string of the molecule is CCC(Br)CCNCC1CCC2(CCCCC2)O1. The van der Waals surface area contributed by atoms with Gasteiger partial charge in [-0.1, -0.05) is 42.1 Å². The van der Waals surface area contributed by atoms with Gasteiger partial charge in [0.25, 0.3) is 0 Å². The minimum atomic E-state index is 0.284.